The minimum Gasteiger partial charge on any atom is -0.354 e. The van der Waals surface area contributed by atoms with Gasteiger partial charge >= 0.3 is 0 Å². The normalized spacial score (nSPS) is 9.56. The molecule has 48 valence electrons. The molecule has 0 atom stereocenters. The van der Waals surface area contributed by atoms with Gasteiger partial charge in [-0.15, -0.1) is 0 Å². The lowest BCUT2D eigenvalue weighted by Gasteiger charge is -1.94. The van der Waals surface area contributed by atoms with Crippen LogP contribution in [-0.4, -0.2) is 4.57 Å². The highest BCUT2D eigenvalue weighted by molar-refractivity contribution is 5.49. The van der Waals surface area contributed by atoms with Crippen LogP contribution in [0.1, 0.15) is 11.3 Å². The first-order valence-corrected chi connectivity index (χ1v) is 3.00. The van der Waals surface area contributed by atoms with Crippen molar-refractivity contribution in [3.05, 3.63) is 30.1 Å². The SMILES string of the molecule is C=Cc1ccn(C)c1C. The predicted molar refractivity (Wildman–Crippen MR) is 40.2 cm³/mol. The van der Waals surface area contributed by atoms with E-state index in [2.05, 4.69) is 24.1 Å². The molecule has 0 radical (unpaired) electrons. The molecule has 0 unspecified atom stereocenters. The Kier molecular flexibility index (Phi) is 1.43. The summed E-state index contributed by atoms with van der Waals surface area (Å²) in [6, 6.07) is 2.06. The maximum absolute atomic E-state index is 3.69. The van der Waals surface area contributed by atoms with Gasteiger partial charge in [0.05, 0.1) is 0 Å². The van der Waals surface area contributed by atoms with Gasteiger partial charge in [0.2, 0.25) is 0 Å². The highest BCUT2D eigenvalue weighted by Crippen LogP contribution is 2.08. The van der Waals surface area contributed by atoms with Gasteiger partial charge in [-0.3, -0.25) is 0 Å². The lowest BCUT2D eigenvalue weighted by atomic mass is 10.2. The van der Waals surface area contributed by atoms with Crippen LogP contribution in [0.25, 0.3) is 6.08 Å². The lowest BCUT2D eigenvalue weighted by molar-refractivity contribution is 0.881. The van der Waals surface area contributed by atoms with Gasteiger partial charge in [0, 0.05) is 18.9 Å². The molecule has 9 heavy (non-hydrogen) atoms. The van der Waals surface area contributed by atoms with Gasteiger partial charge in [-0.1, -0.05) is 12.7 Å². The molecule has 0 aromatic carbocycles. The first kappa shape index (κ1) is 6.14. The summed E-state index contributed by atoms with van der Waals surface area (Å²) in [6.45, 7) is 5.77. The van der Waals surface area contributed by atoms with E-state index in [0.29, 0.717) is 0 Å². The van der Waals surface area contributed by atoms with Crippen LogP contribution in [0, 0.1) is 6.92 Å². The van der Waals surface area contributed by atoms with Crippen molar-refractivity contribution < 1.29 is 0 Å². The largest absolute Gasteiger partial charge is 0.354 e. The third-order valence-electron chi connectivity index (χ3n) is 1.64. The first-order valence-electron chi connectivity index (χ1n) is 3.00. The fourth-order valence-corrected chi connectivity index (χ4v) is 0.844. The Morgan fingerprint density at radius 2 is 2.33 bits per heavy atom. The van der Waals surface area contributed by atoms with Crippen molar-refractivity contribution in [1.29, 1.82) is 0 Å². The van der Waals surface area contributed by atoms with Gasteiger partial charge < -0.3 is 4.57 Å². The van der Waals surface area contributed by atoms with Gasteiger partial charge in [-0.2, -0.15) is 0 Å². The number of nitrogens with zero attached hydrogens (tertiary/aromatic N) is 1. The molecule has 1 aromatic heterocycles. The smallest absolute Gasteiger partial charge is 0.0213 e. The zero-order valence-corrected chi connectivity index (χ0v) is 5.89. The Bertz CT molecular complexity index is 220. The van der Waals surface area contributed by atoms with Crippen molar-refractivity contribution >= 4 is 6.08 Å². The van der Waals surface area contributed by atoms with Gasteiger partial charge in [-0.25, -0.2) is 0 Å². The van der Waals surface area contributed by atoms with E-state index < -0.39 is 0 Å². The van der Waals surface area contributed by atoms with E-state index in [9.17, 15) is 0 Å². The summed E-state index contributed by atoms with van der Waals surface area (Å²) in [4.78, 5) is 0. The number of hydrogen-bond donors (Lipinski definition) is 0. The van der Waals surface area contributed by atoms with Gasteiger partial charge in [-0.05, 0) is 18.6 Å². The Hall–Kier alpha value is -0.980. The van der Waals surface area contributed by atoms with Crippen LogP contribution in [0.15, 0.2) is 18.8 Å². The summed E-state index contributed by atoms with van der Waals surface area (Å²) in [7, 11) is 2.03. The molecule has 0 amide bonds. The lowest BCUT2D eigenvalue weighted by Crippen LogP contribution is -1.87. The average Bonchev–Trinajstić information content (AvgIpc) is 2.15. The maximum Gasteiger partial charge on any atom is 0.0213 e. The topological polar surface area (TPSA) is 4.93 Å². The van der Waals surface area contributed by atoms with Gasteiger partial charge in [0.15, 0.2) is 0 Å². The molecule has 0 saturated carbocycles. The number of aryl methyl sites for hydroxylation is 1. The summed E-state index contributed by atoms with van der Waals surface area (Å²) in [5, 5.41) is 0. The quantitative estimate of drug-likeness (QED) is 0.535. The maximum atomic E-state index is 3.69. The van der Waals surface area contributed by atoms with Crippen LogP contribution in [0.2, 0.25) is 0 Å². The Morgan fingerprint density at radius 1 is 1.67 bits per heavy atom. The summed E-state index contributed by atoms with van der Waals surface area (Å²) in [5.41, 5.74) is 2.49. The summed E-state index contributed by atoms with van der Waals surface area (Å²) >= 11 is 0. The van der Waals surface area contributed by atoms with Crippen LogP contribution >= 0.6 is 0 Å². The molecule has 0 saturated heterocycles. The first-order chi connectivity index (χ1) is 4.25. The summed E-state index contributed by atoms with van der Waals surface area (Å²) in [6.07, 6.45) is 3.90. The molecular formula is C8H11N. The van der Waals surface area contributed by atoms with Crippen molar-refractivity contribution in [3.63, 3.8) is 0 Å². The van der Waals surface area contributed by atoms with Crippen LogP contribution in [-0.2, 0) is 7.05 Å². The molecule has 1 aromatic rings. The van der Waals surface area contributed by atoms with Crippen LogP contribution in [0.5, 0.6) is 0 Å². The van der Waals surface area contributed by atoms with Crippen molar-refractivity contribution in [2.24, 2.45) is 7.05 Å². The second kappa shape index (κ2) is 2.09. The standard InChI is InChI=1S/C8H11N/c1-4-8-5-6-9(3)7(8)2/h4-6H,1H2,2-3H3. The van der Waals surface area contributed by atoms with Gasteiger partial charge in [0.1, 0.15) is 0 Å². The van der Waals surface area contributed by atoms with E-state index in [-0.39, 0.29) is 0 Å². The number of aromatic nitrogens is 1. The highest BCUT2D eigenvalue weighted by Gasteiger charge is 1.94. The molecule has 0 bridgehead atoms. The average molecular weight is 121 g/mol. The van der Waals surface area contributed by atoms with E-state index in [1.165, 1.54) is 11.3 Å². The third-order valence-corrected chi connectivity index (χ3v) is 1.64. The van der Waals surface area contributed by atoms with E-state index in [0.717, 1.165) is 0 Å². The molecule has 1 nitrogen and oxygen atoms in total. The molecule has 0 aliphatic heterocycles. The Balaban J connectivity index is 3.18. The van der Waals surface area contributed by atoms with E-state index in [4.69, 9.17) is 0 Å². The zero-order valence-electron chi connectivity index (χ0n) is 5.89. The molecule has 0 spiro atoms. The number of rotatable bonds is 1. The van der Waals surface area contributed by atoms with E-state index in [1.807, 2.05) is 19.3 Å². The van der Waals surface area contributed by atoms with Crippen LogP contribution in [0.3, 0.4) is 0 Å². The number of hydrogen-bond acceptors (Lipinski definition) is 0. The van der Waals surface area contributed by atoms with Crippen LogP contribution in [0.4, 0.5) is 0 Å². The zero-order chi connectivity index (χ0) is 6.85. The summed E-state index contributed by atoms with van der Waals surface area (Å²) < 4.78 is 2.08. The predicted octanol–water partition coefficient (Wildman–Crippen LogP) is 1.98. The second-order valence-electron chi connectivity index (χ2n) is 2.17. The summed E-state index contributed by atoms with van der Waals surface area (Å²) in [5.74, 6) is 0. The molecule has 1 heteroatoms. The molecular weight excluding hydrogens is 110 g/mol. The molecule has 0 N–H and O–H groups in total. The third kappa shape index (κ3) is 0.900. The van der Waals surface area contributed by atoms with E-state index >= 15 is 0 Å². The highest BCUT2D eigenvalue weighted by atomic mass is 14.9. The van der Waals surface area contributed by atoms with E-state index in [1.54, 1.807) is 0 Å². The van der Waals surface area contributed by atoms with Crippen LogP contribution < -0.4 is 0 Å². The van der Waals surface area contributed by atoms with Crippen molar-refractivity contribution in [1.82, 2.24) is 4.57 Å². The fraction of sp³-hybridized carbons (Fsp3) is 0.250. The molecule has 1 rings (SSSR count). The minimum atomic E-state index is 1.22. The van der Waals surface area contributed by atoms with Crippen molar-refractivity contribution in [2.45, 2.75) is 6.92 Å². The molecule has 1 heterocycles. The second-order valence-corrected chi connectivity index (χ2v) is 2.17. The van der Waals surface area contributed by atoms with Crippen molar-refractivity contribution in [3.8, 4) is 0 Å². The molecule has 0 aliphatic carbocycles. The Morgan fingerprint density at radius 3 is 2.56 bits per heavy atom. The fourth-order valence-electron chi connectivity index (χ4n) is 0.844. The Labute approximate surface area is 55.6 Å². The molecule has 0 fully saturated rings. The molecule has 0 aliphatic rings. The minimum absolute atomic E-state index is 1.22. The monoisotopic (exact) mass is 121 g/mol. The van der Waals surface area contributed by atoms with Gasteiger partial charge in [0.25, 0.3) is 0 Å². The van der Waals surface area contributed by atoms with Crippen molar-refractivity contribution in [2.75, 3.05) is 0 Å².